The monoisotopic (exact) mass is 279 g/mol. The average Bonchev–Trinajstić information content (AvgIpc) is 2.68. The molecular formula is C13H20F3NO2. The molecule has 2 rings (SSSR count). The van der Waals surface area contributed by atoms with Gasteiger partial charge in [0.25, 0.3) is 0 Å². The first-order valence-corrected chi connectivity index (χ1v) is 6.77. The zero-order chi connectivity index (χ0) is 14.3. The van der Waals surface area contributed by atoms with E-state index in [4.69, 9.17) is 0 Å². The van der Waals surface area contributed by atoms with Crippen LogP contribution in [0, 0.1) is 11.8 Å². The molecule has 1 saturated carbocycles. The summed E-state index contributed by atoms with van der Waals surface area (Å²) >= 11 is 0. The summed E-state index contributed by atoms with van der Waals surface area (Å²) in [7, 11) is 0. The predicted molar refractivity (Wildman–Crippen MR) is 63.3 cm³/mol. The van der Waals surface area contributed by atoms with Gasteiger partial charge in [-0.25, -0.2) is 0 Å². The van der Waals surface area contributed by atoms with Crippen molar-refractivity contribution in [2.24, 2.45) is 11.8 Å². The molecule has 19 heavy (non-hydrogen) atoms. The number of nitrogens with zero attached hydrogens (tertiary/aromatic N) is 1. The van der Waals surface area contributed by atoms with Gasteiger partial charge in [-0.3, -0.25) is 4.79 Å². The highest BCUT2D eigenvalue weighted by atomic mass is 19.4. The zero-order valence-corrected chi connectivity index (χ0v) is 11.0. The number of likely N-dealkylation sites (tertiary alicyclic amines) is 1. The van der Waals surface area contributed by atoms with Gasteiger partial charge in [-0.05, 0) is 32.6 Å². The van der Waals surface area contributed by atoms with Crippen LogP contribution in [0.2, 0.25) is 0 Å². The number of amides is 1. The normalized spacial score (nSPS) is 36.6. The SMILES string of the molecule is CC1(O)CCN(C(=O)C2CCCC(C(F)(F)F)C2)C1. The standard InChI is InChI=1S/C13H20F3NO2/c1-12(19)5-6-17(8-12)11(18)9-3-2-4-10(7-9)13(14,15)16/h9-10,19H,2-8H2,1H3. The van der Waals surface area contributed by atoms with Gasteiger partial charge in [-0.15, -0.1) is 0 Å². The van der Waals surface area contributed by atoms with Gasteiger partial charge in [-0.2, -0.15) is 13.2 Å². The zero-order valence-electron chi connectivity index (χ0n) is 11.0. The highest BCUT2D eigenvalue weighted by Crippen LogP contribution is 2.40. The number of β-amino-alcohol motifs (C(OH)–C–C–N with tert-alkyl or cyclic N) is 1. The summed E-state index contributed by atoms with van der Waals surface area (Å²) < 4.78 is 38.1. The van der Waals surface area contributed by atoms with Crippen molar-refractivity contribution in [2.75, 3.05) is 13.1 Å². The smallest absolute Gasteiger partial charge is 0.388 e. The molecule has 6 heteroatoms. The molecule has 3 atom stereocenters. The van der Waals surface area contributed by atoms with Crippen LogP contribution in [0.1, 0.15) is 39.0 Å². The predicted octanol–water partition coefficient (Wildman–Crippen LogP) is 2.34. The molecule has 110 valence electrons. The highest BCUT2D eigenvalue weighted by molar-refractivity contribution is 5.79. The number of carbonyl (C=O) groups excluding carboxylic acids is 1. The van der Waals surface area contributed by atoms with Gasteiger partial charge in [0, 0.05) is 19.0 Å². The second kappa shape index (κ2) is 4.96. The maximum absolute atomic E-state index is 12.7. The molecule has 2 aliphatic rings. The Hall–Kier alpha value is -0.780. The van der Waals surface area contributed by atoms with Crippen LogP contribution in [0.5, 0.6) is 0 Å². The van der Waals surface area contributed by atoms with E-state index in [9.17, 15) is 23.1 Å². The summed E-state index contributed by atoms with van der Waals surface area (Å²) in [5.41, 5.74) is -0.895. The van der Waals surface area contributed by atoms with Crippen molar-refractivity contribution in [1.82, 2.24) is 4.90 Å². The van der Waals surface area contributed by atoms with E-state index < -0.39 is 23.6 Å². The Morgan fingerprint density at radius 2 is 2.05 bits per heavy atom. The first-order chi connectivity index (χ1) is 8.69. The van der Waals surface area contributed by atoms with Crippen LogP contribution in [-0.4, -0.2) is 40.8 Å². The van der Waals surface area contributed by atoms with Crippen molar-refractivity contribution in [2.45, 2.75) is 50.8 Å². The number of carbonyl (C=O) groups is 1. The summed E-state index contributed by atoms with van der Waals surface area (Å²) in [6.07, 6.45) is -2.69. The van der Waals surface area contributed by atoms with Gasteiger partial charge >= 0.3 is 6.18 Å². The molecule has 1 aliphatic heterocycles. The minimum Gasteiger partial charge on any atom is -0.388 e. The number of hydrogen-bond acceptors (Lipinski definition) is 2. The van der Waals surface area contributed by atoms with Gasteiger partial charge in [-0.1, -0.05) is 6.42 Å². The number of halogens is 3. The maximum Gasteiger partial charge on any atom is 0.391 e. The molecule has 1 aliphatic carbocycles. The first-order valence-electron chi connectivity index (χ1n) is 6.77. The Balaban J connectivity index is 1.96. The molecule has 0 aromatic heterocycles. The fourth-order valence-electron chi connectivity index (χ4n) is 3.10. The molecule has 2 fully saturated rings. The fraction of sp³-hybridized carbons (Fsp3) is 0.923. The molecule has 0 aromatic rings. The molecule has 0 aromatic carbocycles. The Bertz CT molecular complexity index is 354. The molecule has 3 unspecified atom stereocenters. The van der Waals surface area contributed by atoms with Crippen LogP contribution in [0.15, 0.2) is 0 Å². The van der Waals surface area contributed by atoms with Crippen molar-refractivity contribution in [3.8, 4) is 0 Å². The van der Waals surface area contributed by atoms with E-state index in [2.05, 4.69) is 0 Å². The van der Waals surface area contributed by atoms with E-state index in [1.807, 2.05) is 0 Å². The van der Waals surface area contributed by atoms with E-state index in [-0.39, 0.29) is 25.3 Å². The summed E-state index contributed by atoms with van der Waals surface area (Å²) in [5, 5.41) is 9.82. The lowest BCUT2D eigenvalue weighted by Crippen LogP contribution is -2.40. The van der Waals surface area contributed by atoms with Crippen molar-refractivity contribution in [3.05, 3.63) is 0 Å². The Morgan fingerprint density at radius 1 is 1.37 bits per heavy atom. The molecule has 1 amide bonds. The second-order valence-electron chi connectivity index (χ2n) is 6.11. The minimum atomic E-state index is -4.20. The molecular weight excluding hydrogens is 259 g/mol. The van der Waals surface area contributed by atoms with E-state index in [1.54, 1.807) is 6.92 Å². The number of rotatable bonds is 1. The van der Waals surface area contributed by atoms with Crippen LogP contribution >= 0.6 is 0 Å². The topological polar surface area (TPSA) is 40.5 Å². The highest BCUT2D eigenvalue weighted by Gasteiger charge is 2.45. The van der Waals surface area contributed by atoms with Gasteiger partial charge in [0.1, 0.15) is 0 Å². The maximum atomic E-state index is 12.7. The molecule has 1 heterocycles. The lowest BCUT2D eigenvalue weighted by atomic mass is 9.80. The number of hydrogen-bond donors (Lipinski definition) is 1. The summed E-state index contributed by atoms with van der Waals surface area (Å²) in [6.45, 7) is 2.33. The van der Waals surface area contributed by atoms with Crippen LogP contribution < -0.4 is 0 Å². The van der Waals surface area contributed by atoms with Gasteiger partial charge in [0.15, 0.2) is 0 Å². The summed E-state index contributed by atoms with van der Waals surface area (Å²) in [4.78, 5) is 13.7. The number of aliphatic hydroxyl groups is 1. The third kappa shape index (κ3) is 3.41. The van der Waals surface area contributed by atoms with Crippen LogP contribution in [-0.2, 0) is 4.79 Å². The lowest BCUT2D eigenvalue weighted by molar-refractivity contribution is -0.187. The van der Waals surface area contributed by atoms with Crippen molar-refractivity contribution in [1.29, 1.82) is 0 Å². The van der Waals surface area contributed by atoms with Crippen LogP contribution in [0.25, 0.3) is 0 Å². The quantitative estimate of drug-likeness (QED) is 0.800. The fourth-order valence-corrected chi connectivity index (χ4v) is 3.10. The second-order valence-corrected chi connectivity index (χ2v) is 6.11. The molecule has 1 saturated heterocycles. The Kier molecular flexibility index (Phi) is 3.82. The van der Waals surface area contributed by atoms with Crippen molar-refractivity contribution < 1.29 is 23.1 Å². The average molecular weight is 279 g/mol. The van der Waals surface area contributed by atoms with Gasteiger partial charge in [0.2, 0.25) is 5.91 Å². The van der Waals surface area contributed by atoms with Gasteiger partial charge in [0.05, 0.1) is 11.5 Å². The lowest BCUT2D eigenvalue weighted by Gasteiger charge is -2.32. The summed E-state index contributed by atoms with van der Waals surface area (Å²) in [5.74, 6) is -2.10. The van der Waals surface area contributed by atoms with E-state index in [1.165, 1.54) is 4.90 Å². The largest absolute Gasteiger partial charge is 0.391 e. The molecule has 0 radical (unpaired) electrons. The first kappa shape index (κ1) is 14.6. The third-order valence-corrected chi connectivity index (χ3v) is 4.25. The van der Waals surface area contributed by atoms with E-state index >= 15 is 0 Å². The third-order valence-electron chi connectivity index (χ3n) is 4.25. The Labute approximate surface area is 110 Å². The van der Waals surface area contributed by atoms with E-state index in [0.29, 0.717) is 25.8 Å². The van der Waals surface area contributed by atoms with Crippen LogP contribution in [0.3, 0.4) is 0 Å². The molecule has 0 spiro atoms. The summed E-state index contributed by atoms with van der Waals surface area (Å²) in [6, 6.07) is 0. The minimum absolute atomic E-state index is 0.0963. The molecule has 0 bridgehead atoms. The van der Waals surface area contributed by atoms with Crippen LogP contribution in [0.4, 0.5) is 13.2 Å². The van der Waals surface area contributed by atoms with E-state index in [0.717, 1.165) is 0 Å². The molecule has 1 N–H and O–H groups in total. The van der Waals surface area contributed by atoms with Crippen molar-refractivity contribution >= 4 is 5.91 Å². The Morgan fingerprint density at radius 3 is 2.58 bits per heavy atom. The van der Waals surface area contributed by atoms with Gasteiger partial charge < -0.3 is 10.0 Å². The molecule has 3 nitrogen and oxygen atoms in total. The number of alkyl halides is 3. The van der Waals surface area contributed by atoms with Crippen molar-refractivity contribution in [3.63, 3.8) is 0 Å².